The number of rotatable bonds is 1. The van der Waals surface area contributed by atoms with Crippen LogP contribution in [0.15, 0.2) is 6.07 Å². The summed E-state index contributed by atoms with van der Waals surface area (Å²) in [7, 11) is 0. The fraction of sp³-hybridized carbons (Fsp3) is 0.600. The zero-order chi connectivity index (χ0) is 19.8. The van der Waals surface area contributed by atoms with E-state index in [0.717, 1.165) is 0 Å². The number of nitriles is 1. The minimum absolute atomic E-state index is 0.224. The Hall–Kier alpha value is -2.49. The first kappa shape index (κ1) is 19.3. The Bertz CT molecular complexity index is 774. The van der Waals surface area contributed by atoms with Crippen molar-refractivity contribution in [3.05, 3.63) is 23.0 Å². The van der Waals surface area contributed by atoms with E-state index < -0.39 is 5.60 Å². The number of hydrogen-bond donors (Lipinski definition) is 0. The molecule has 1 amide bonds. The zero-order valence-corrected chi connectivity index (χ0v) is 16.3. The predicted molar refractivity (Wildman–Crippen MR) is 99.5 cm³/mol. The number of piperazine rings is 1. The summed E-state index contributed by atoms with van der Waals surface area (Å²) in [4.78, 5) is 15.8. The normalized spacial score (nSPS) is 19.8. The van der Waals surface area contributed by atoms with Gasteiger partial charge in [0.05, 0.1) is 12.3 Å². The van der Waals surface area contributed by atoms with E-state index in [1.54, 1.807) is 4.90 Å². The van der Waals surface area contributed by atoms with Gasteiger partial charge in [-0.05, 0) is 39.2 Å². The molecule has 1 atom stereocenters. The molecule has 1 aromatic rings. The summed E-state index contributed by atoms with van der Waals surface area (Å²) in [6.07, 6.45) is 0.222. The van der Waals surface area contributed by atoms with E-state index in [2.05, 4.69) is 6.07 Å². The van der Waals surface area contributed by atoms with Gasteiger partial charge in [0, 0.05) is 31.7 Å². The summed E-state index contributed by atoms with van der Waals surface area (Å²) < 4.78 is 25.8. The van der Waals surface area contributed by atoms with Crippen molar-refractivity contribution in [1.29, 1.82) is 5.26 Å². The van der Waals surface area contributed by atoms with Crippen LogP contribution in [0.4, 0.5) is 14.9 Å². The molecule has 1 saturated heterocycles. The van der Waals surface area contributed by atoms with Crippen molar-refractivity contribution in [2.45, 2.75) is 39.7 Å². The Kier molecular flexibility index (Phi) is 5.18. The van der Waals surface area contributed by atoms with Crippen molar-refractivity contribution in [2.75, 3.05) is 37.7 Å². The van der Waals surface area contributed by atoms with Crippen LogP contribution in [0.2, 0.25) is 0 Å². The Morgan fingerprint density at radius 1 is 1.33 bits per heavy atom. The van der Waals surface area contributed by atoms with E-state index in [4.69, 9.17) is 9.47 Å². The molecule has 27 heavy (non-hydrogen) atoms. The highest BCUT2D eigenvalue weighted by molar-refractivity contribution is 5.71. The van der Waals surface area contributed by atoms with Crippen LogP contribution >= 0.6 is 0 Å². The van der Waals surface area contributed by atoms with Crippen LogP contribution in [-0.4, -0.2) is 49.4 Å². The topological polar surface area (TPSA) is 65.8 Å². The molecule has 0 unspecified atom stereocenters. The molecule has 146 valence electrons. The van der Waals surface area contributed by atoms with Crippen molar-refractivity contribution in [3.8, 4) is 11.8 Å². The first-order valence-corrected chi connectivity index (χ1v) is 9.30. The minimum atomic E-state index is -0.543. The van der Waals surface area contributed by atoms with E-state index in [1.807, 2.05) is 32.6 Å². The molecule has 6 nitrogen and oxygen atoms in total. The van der Waals surface area contributed by atoms with Crippen LogP contribution < -0.4 is 9.64 Å². The molecular formula is C20H26FN3O3. The van der Waals surface area contributed by atoms with Gasteiger partial charge < -0.3 is 19.3 Å². The van der Waals surface area contributed by atoms with Gasteiger partial charge >= 0.3 is 6.09 Å². The highest BCUT2D eigenvalue weighted by Gasteiger charge is 2.30. The van der Waals surface area contributed by atoms with E-state index in [1.165, 1.54) is 6.07 Å². The molecule has 7 heteroatoms. The SMILES string of the molecule is C[C@H]1COc2c(C#N)c(N3CCN(C(=O)OC(C)(C)C)CC3)cc(F)c2C1. The van der Waals surface area contributed by atoms with E-state index >= 15 is 0 Å². The molecule has 2 aliphatic heterocycles. The van der Waals surface area contributed by atoms with Gasteiger partial charge in [0.25, 0.3) is 0 Å². The summed E-state index contributed by atoms with van der Waals surface area (Å²) in [6, 6.07) is 3.62. The number of halogens is 1. The van der Waals surface area contributed by atoms with Gasteiger partial charge in [0.1, 0.15) is 28.8 Å². The zero-order valence-electron chi connectivity index (χ0n) is 16.3. The molecule has 0 bridgehead atoms. The highest BCUT2D eigenvalue weighted by atomic mass is 19.1. The Balaban J connectivity index is 1.78. The third kappa shape index (κ3) is 4.10. The Labute approximate surface area is 159 Å². The lowest BCUT2D eigenvalue weighted by Gasteiger charge is -2.37. The number of anilines is 1. The van der Waals surface area contributed by atoms with E-state index in [0.29, 0.717) is 61.8 Å². The van der Waals surface area contributed by atoms with Gasteiger partial charge in [-0.25, -0.2) is 9.18 Å². The van der Waals surface area contributed by atoms with Crippen LogP contribution in [0.3, 0.4) is 0 Å². The van der Waals surface area contributed by atoms with Crippen LogP contribution in [0.5, 0.6) is 5.75 Å². The smallest absolute Gasteiger partial charge is 0.410 e. The summed E-state index contributed by atoms with van der Waals surface area (Å²) in [5, 5.41) is 9.67. The maximum Gasteiger partial charge on any atom is 0.410 e. The molecule has 1 aromatic carbocycles. The molecule has 0 aromatic heterocycles. The lowest BCUT2D eigenvalue weighted by atomic mass is 9.94. The molecule has 0 radical (unpaired) electrons. The summed E-state index contributed by atoms with van der Waals surface area (Å²) in [5.74, 6) is 0.266. The number of fused-ring (bicyclic) bond motifs is 1. The largest absolute Gasteiger partial charge is 0.491 e. The second-order valence-corrected chi connectivity index (χ2v) is 8.25. The monoisotopic (exact) mass is 375 g/mol. The lowest BCUT2D eigenvalue weighted by Crippen LogP contribution is -2.50. The molecular weight excluding hydrogens is 349 g/mol. The molecule has 0 spiro atoms. The van der Waals surface area contributed by atoms with Gasteiger partial charge in [-0.15, -0.1) is 0 Å². The van der Waals surface area contributed by atoms with Crippen molar-refractivity contribution in [2.24, 2.45) is 5.92 Å². The van der Waals surface area contributed by atoms with Gasteiger partial charge in [-0.1, -0.05) is 6.92 Å². The highest BCUT2D eigenvalue weighted by Crippen LogP contribution is 2.39. The molecule has 3 rings (SSSR count). The van der Waals surface area contributed by atoms with Crippen LogP contribution in [0.25, 0.3) is 0 Å². The summed E-state index contributed by atoms with van der Waals surface area (Å²) >= 11 is 0. The number of carbonyl (C=O) groups is 1. The number of benzene rings is 1. The van der Waals surface area contributed by atoms with Gasteiger partial charge in [0.15, 0.2) is 0 Å². The second kappa shape index (κ2) is 7.26. The number of nitrogens with zero attached hydrogens (tertiary/aromatic N) is 3. The first-order valence-electron chi connectivity index (χ1n) is 9.30. The minimum Gasteiger partial charge on any atom is -0.491 e. The number of carbonyl (C=O) groups excluding carboxylic acids is 1. The Morgan fingerprint density at radius 2 is 2.00 bits per heavy atom. The third-order valence-electron chi connectivity index (χ3n) is 4.76. The third-order valence-corrected chi connectivity index (χ3v) is 4.76. The standard InChI is InChI=1S/C20H26FN3O3/c1-13-9-14-16(21)10-17(15(11-22)18(14)26-12-13)23-5-7-24(8-6-23)19(25)27-20(2,3)4/h10,13H,5-9,12H2,1-4H3/t13-/m1/s1. The quantitative estimate of drug-likeness (QED) is 0.753. The molecule has 0 N–H and O–H groups in total. The number of amides is 1. The number of hydrogen-bond acceptors (Lipinski definition) is 5. The van der Waals surface area contributed by atoms with E-state index in [9.17, 15) is 14.4 Å². The molecule has 1 fully saturated rings. The average molecular weight is 375 g/mol. The molecule has 0 aliphatic carbocycles. The van der Waals surface area contributed by atoms with Crippen LogP contribution in [0, 0.1) is 23.1 Å². The maximum absolute atomic E-state index is 14.7. The number of ether oxygens (including phenoxy) is 2. The first-order chi connectivity index (χ1) is 12.7. The molecule has 0 saturated carbocycles. The predicted octanol–water partition coefficient (Wildman–Crippen LogP) is 3.33. The van der Waals surface area contributed by atoms with Gasteiger partial charge in [-0.2, -0.15) is 5.26 Å². The summed E-state index contributed by atoms with van der Waals surface area (Å²) in [6.45, 7) is 9.89. The fourth-order valence-corrected chi connectivity index (χ4v) is 3.45. The van der Waals surface area contributed by atoms with Crippen molar-refractivity contribution >= 4 is 11.8 Å². The van der Waals surface area contributed by atoms with Gasteiger partial charge in [-0.3, -0.25) is 0 Å². The summed E-state index contributed by atoms with van der Waals surface area (Å²) in [5.41, 5.74) is 0.857. The van der Waals surface area contributed by atoms with E-state index in [-0.39, 0.29) is 17.8 Å². The van der Waals surface area contributed by atoms with Crippen molar-refractivity contribution in [3.63, 3.8) is 0 Å². The second-order valence-electron chi connectivity index (χ2n) is 8.25. The van der Waals surface area contributed by atoms with Crippen LogP contribution in [-0.2, 0) is 11.2 Å². The molecule has 2 aliphatic rings. The Morgan fingerprint density at radius 3 is 2.59 bits per heavy atom. The lowest BCUT2D eigenvalue weighted by molar-refractivity contribution is 0.0240. The fourth-order valence-electron chi connectivity index (χ4n) is 3.45. The van der Waals surface area contributed by atoms with Crippen molar-refractivity contribution in [1.82, 2.24) is 4.90 Å². The van der Waals surface area contributed by atoms with Crippen molar-refractivity contribution < 1.29 is 18.7 Å². The maximum atomic E-state index is 14.7. The molecule has 2 heterocycles. The average Bonchev–Trinajstić information content (AvgIpc) is 2.60. The van der Waals surface area contributed by atoms with Crippen LogP contribution in [0.1, 0.15) is 38.8 Å². The van der Waals surface area contributed by atoms with Gasteiger partial charge in [0.2, 0.25) is 0 Å².